The molecule has 1 atom stereocenters. The number of nitrogens with one attached hydrogen (secondary N) is 1. The largest absolute Gasteiger partial charge is 0.565 e. The fourth-order valence-electron chi connectivity index (χ4n) is 2.72. The van der Waals surface area contributed by atoms with Crippen molar-refractivity contribution in [3.05, 3.63) is 52.9 Å². The van der Waals surface area contributed by atoms with Crippen molar-refractivity contribution in [2.45, 2.75) is 13.3 Å². The minimum Gasteiger partial charge on any atom is -0.565 e. The van der Waals surface area contributed by atoms with Gasteiger partial charge in [0.25, 0.3) is 6.43 Å². The molecular formula is C18H21ClF2N5O5P. The Morgan fingerprint density at radius 2 is 2.00 bits per heavy atom. The summed E-state index contributed by atoms with van der Waals surface area (Å²) < 4.78 is 44.7. The fraction of sp³-hybridized carbons (Fsp3) is 0.278. The smallest absolute Gasteiger partial charge is 0.521 e. The van der Waals surface area contributed by atoms with Crippen molar-refractivity contribution in [1.82, 2.24) is 19.7 Å². The molecule has 0 spiro atoms. The standard InChI is InChI=1S/C18H18ClF2N5O.HO4P.H2/c1-11-15(12-6-4-3-5-7-12)26(2)25-18(11)27-9-8-22-17-13(19)14(16(20)21)23-10-24-17;1-4-5(2)3;/h3-7,10,16H,8-9H2,1-2H3,(H,22,23,24);1H;1H. The molecule has 174 valence electrons. The van der Waals surface area contributed by atoms with Crippen LogP contribution in [-0.4, -0.2) is 38.2 Å². The van der Waals surface area contributed by atoms with Crippen molar-refractivity contribution >= 4 is 25.7 Å². The van der Waals surface area contributed by atoms with Crippen LogP contribution in [0.2, 0.25) is 5.02 Å². The first kappa shape index (κ1) is 25.5. The van der Waals surface area contributed by atoms with Gasteiger partial charge in [-0.3, -0.25) is 4.68 Å². The van der Waals surface area contributed by atoms with Gasteiger partial charge in [-0.05, 0) is 11.5 Å². The molecule has 0 aliphatic heterocycles. The Morgan fingerprint density at radius 3 is 2.59 bits per heavy atom. The molecule has 1 unspecified atom stereocenters. The monoisotopic (exact) mass is 491 g/mol. The molecule has 0 bridgehead atoms. The molecule has 2 N–H and O–H groups in total. The van der Waals surface area contributed by atoms with E-state index < -0.39 is 20.4 Å². The maximum absolute atomic E-state index is 12.8. The summed E-state index contributed by atoms with van der Waals surface area (Å²) in [5.74, 6) is 0.661. The van der Waals surface area contributed by atoms with E-state index in [2.05, 4.69) is 25.1 Å². The molecular weight excluding hydrogens is 471 g/mol. The van der Waals surface area contributed by atoms with E-state index in [0.717, 1.165) is 23.1 Å². The molecule has 1 aromatic carbocycles. The highest BCUT2D eigenvalue weighted by Crippen LogP contribution is 2.30. The van der Waals surface area contributed by atoms with E-state index in [-0.39, 0.29) is 18.9 Å². The summed E-state index contributed by atoms with van der Waals surface area (Å²) in [5, 5.41) is 14.1. The van der Waals surface area contributed by atoms with Crippen LogP contribution in [0.5, 0.6) is 5.88 Å². The zero-order valence-corrected chi connectivity index (χ0v) is 18.6. The molecule has 0 aliphatic rings. The topological polar surface area (TPSA) is 134 Å². The molecule has 0 amide bonds. The van der Waals surface area contributed by atoms with Crippen LogP contribution in [0, 0.1) is 6.92 Å². The molecule has 2 heterocycles. The van der Waals surface area contributed by atoms with Crippen LogP contribution in [0.15, 0.2) is 36.7 Å². The van der Waals surface area contributed by atoms with Crippen molar-refractivity contribution in [2.75, 3.05) is 18.5 Å². The van der Waals surface area contributed by atoms with Crippen molar-refractivity contribution in [2.24, 2.45) is 7.05 Å². The van der Waals surface area contributed by atoms with Gasteiger partial charge < -0.3 is 14.9 Å². The van der Waals surface area contributed by atoms with Crippen molar-refractivity contribution < 1.29 is 34.3 Å². The Hall–Kier alpha value is -2.76. The Balaban J connectivity index is 0.000000821. The van der Waals surface area contributed by atoms with Crippen LogP contribution < -0.4 is 14.9 Å². The van der Waals surface area contributed by atoms with Gasteiger partial charge >= 0.3 is 8.25 Å². The number of rotatable bonds is 8. The Morgan fingerprint density at radius 1 is 1.34 bits per heavy atom. The summed E-state index contributed by atoms with van der Waals surface area (Å²) >= 11 is 5.89. The van der Waals surface area contributed by atoms with Gasteiger partial charge in [-0.15, -0.1) is 5.10 Å². The number of aromatic nitrogens is 4. The van der Waals surface area contributed by atoms with Gasteiger partial charge in [-0.1, -0.05) is 41.9 Å². The summed E-state index contributed by atoms with van der Waals surface area (Å²) in [6.07, 6.45) is -1.71. The Kier molecular flexibility index (Phi) is 9.82. The molecule has 0 saturated carbocycles. The molecule has 10 nitrogen and oxygen atoms in total. The molecule has 3 aromatic rings. The van der Waals surface area contributed by atoms with E-state index in [1.54, 1.807) is 4.68 Å². The van der Waals surface area contributed by atoms with Crippen LogP contribution in [0.25, 0.3) is 11.3 Å². The lowest BCUT2D eigenvalue weighted by Gasteiger charge is -2.10. The normalized spacial score (nSPS) is 11.1. The minimum atomic E-state index is -3.04. The SMILES string of the molecule is Cc1c(OCCNc2ncnc(C(F)F)c2Cl)nn(C)c1-c1ccccc1.O=[P+]([O-])OO.[HH]. The molecule has 3 rings (SSSR count). The predicted molar refractivity (Wildman–Crippen MR) is 113 cm³/mol. The summed E-state index contributed by atoms with van der Waals surface area (Å²) in [6, 6.07) is 9.90. The van der Waals surface area contributed by atoms with E-state index in [9.17, 15) is 8.78 Å². The highest BCUT2D eigenvalue weighted by atomic mass is 35.5. The van der Waals surface area contributed by atoms with E-state index in [4.69, 9.17) is 31.1 Å². The number of hydrogen-bond acceptors (Lipinski definition) is 9. The first-order valence-corrected chi connectivity index (χ1v) is 10.4. The summed E-state index contributed by atoms with van der Waals surface area (Å²) in [5.41, 5.74) is 2.44. The molecule has 0 radical (unpaired) electrons. The predicted octanol–water partition coefficient (Wildman–Crippen LogP) is 4.01. The maximum Gasteiger partial charge on any atom is 0.521 e. The lowest BCUT2D eigenvalue weighted by Crippen LogP contribution is -2.14. The van der Waals surface area contributed by atoms with Gasteiger partial charge in [0, 0.05) is 24.3 Å². The van der Waals surface area contributed by atoms with Gasteiger partial charge in [0.1, 0.15) is 29.5 Å². The van der Waals surface area contributed by atoms with Crippen molar-refractivity contribution in [3.63, 3.8) is 0 Å². The van der Waals surface area contributed by atoms with Gasteiger partial charge in [-0.2, -0.15) is 0 Å². The molecule has 32 heavy (non-hydrogen) atoms. The number of anilines is 1. The fourth-order valence-corrected chi connectivity index (χ4v) is 2.96. The van der Waals surface area contributed by atoms with E-state index >= 15 is 0 Å². The minimum absolute atomic E-state index is 0. The average Bonchev–Trinajstić information content (AvgIpc) is 3.06. The Labute approximate surface area is 189 Å². The highest BCUT2D eigenvalue weighted by Gasteiger charge is 2.18. The van der Waals surface area contributed by atoms with Crippen LogP contribution in [0.1, 0.15) is 19.1 Å². The van der Waals surface area contributed by atoms with Gasteiger partial charge in [0.15, 0.2) is 0 Å². The number of halogens is 3. The zero-order valence-electron chi connectivity index (χ0n) is 16.9. The van der Waals surface area contributed by atoms with Crippen LogP contribution in [0.4, 0.5) is 14.6 Å². The lowest BCUT2D eigenvalue weighted by molar-refractivity contribution is -0.244. The number of aryl methyl sites for hydroxylation is 1. The number of benzene rings is 1. The van der Waals surface area contributed by atoms with Crippen molar-refractivity contribution in [3.8, 4) is 17.1 Å². The summed E-state index contributed by atoms with van der Waals surface area (Å²) in [4.78, 5) is 16.3. The van der Waals surface area contributed by atoms with E-state index in [0.29, 0.717) is 12.4 Å². The van der Waals surface area contributed by atoms with E-state index in [1.165, 1.54) is 0 Å². The third-order valence-corrected chi connectivity index (χ3v) is 4.52. The molecule has 2 aromatic heterocycles. The number of hydrogen-bond donors (Lipinski definition) is 2. The number of ether oxygens (including phenoxy) is 1. The molecule has 0 fully saturated rings. The van der Waals surface area contributed by atoms with Crippen LogP contribution >= 0.6 is 19.9 Å². The summed E-state index contributed by atoms with van der Waals surface area (Å²) in [7, 11) is -1.19. The van der Waals surface area contributed by atoms with Crippen LogP contribution in [0.3, 0.4) is 0 Å². The number of nitrogens with zero attached hydrogens (tertiary/aromatic N) is 4. The lowest BCUT2D eigenvalue weighted by atomic mass is 10.1. The first-order valence-electron chi connectivity index (χ1n) is 8.96. The second kappa shape index (κ2) is 12.3. The second-order valence-corrected chi connectivity index (χ2v) is 7.06. The third kappa shape index (κ3) is 6.87. The molecule has 0 aliphatic carbocycles. The van der Waals surface area contributed by atoms with Gasteiger partial charge in [0.05, 0.1) is 12.2 Å². The van der Waals surface area contributed by atoms with E-state index in [1.807, 2.05) is 44.3 Å². The molecule has 14 heteroatoms. The maximum atomic E-state index is 12.8. The highest BCUT2D eigenvalue weighted by molar-refractivity contribution is 7.30. The third-order valence-electron chi connectivity index (χ3n) is 4.01. The molecule has 0 saturated heterocycles. The zero-order chi connectivity index (χ0) is 23.7. The quantitative estimate of drug-likeness (QED) is 0.207. The van der Waals surface area contributed by atoms with Crippen LogP contribution in [-0.2, 0) is 16.3 Å². The number of alkyl halides is 2. The van der Waals surface area contributed by atoms with Crippen molar-refractivity contribution in [1.29, 1.82) is 0 Å². The first-order chi connectivity index (χ1) is 15.3. The van der Waals surface area contributed by atoms with Gasteiger partial charge in [0.2, 0.25) is 5.88 Å². The summed E-state index contributed by atoms with van der Waals surface area (Å²) in [6.45, 7) is 2.51. The second-order valence-electron chi connectivity index (χ2n) is 6.07. The Bertz CT molecular complexity index is 1050. The average molecular weight is 492 g/mol. The van der Waals surface area contributed by atoms with Gasteiger partial charge in [-0.25, -0.2) is 24.0 Å².